The van der Waals surface area contributed by atoms with Gasteiger partial charge in [-0.05, 0) is 11.3 Å². The summed E-state index contributed by atoms with van der Waals surface area (Å²) in [6.07, 6.45) is 0.823. The van der Waals surface area contributed by atoms with Crippen LogP contribution in [0.5, 0.6) is 0 Å². The van der Waals surface area contributed by atoms with Crippen molar-refractivity contribution in [2.24, 2.45) is 11.3 Å². The first-order chi connectivity index (χ1) is 8.47. The predicted molar refractivity (Wildman–Crippen MR) is 68.2 cm³/mol. The first-order valence-electron chi connectivity index (χ1n) is 6.60. The van der Waals surface area contributed by atoms with Crippen LogP contribution >= 0.6 is 0 Å². The normalized spacial score (nSPS) is 23.0. The van der Waals surface area contributed by atoms with Crippen LogP contribution in [0.4, 0.5) is 0 Å². The molecular weight excluding hydrogens is 230 g/mol. The fourth-order valence-electron chi connectivity index (χ4n) is 1.79. The van der Waals surface area contributed by atoms with Crippen molar-refractivity contribution >= 4 is 0 Å². The molecule has 2 unspecified atom stereocenters. The molecule has 2 heterocycles. The van der Waals surface area contributed by atoms with Crippen molar-refractivity contribution < 1.29 is 9.26 Å². The highest BCUT2D eigenvalue weighted by Gasteiger charge is 2.25. The molecule has 1 aliphatic heterocycles. The summed E-state index contributed by atoms with van der Waals surface area (Å²) in [7, 11) is 0. The highest BCUT2D eigenvalue weighted by molar-refractivity contribution is 4.96. The Labute approximate surface area is 108 Å². The maximum Gasteiger partial charge on any atom is 0.226 e. The summed E-state index contributed by atoms with van der Waals surface area (Å²) >= 11 is 0. The van der Waals surface area contributed by atoms with E-state index in [0.717, 1.165) is 25.5 Å². The minimum Gasteiger partial charge on any atom is -0.378 e. The Hall–Kier alpha value is -0.940. The van der Waals surface area contributed by atoms with Crippen LogP contribution in [0.2, 0.25) is 0 Å². The van der Waals surface area contributed by atoms with E-state index in [2.05, 4.69) is 43.2 Å². The van der Waals surface area contributed by atoms with Crippen LogP contribution in [0, 0.1) is 11.3 Å². The zero-order valence-corrected chi connectivity index (χ0v) is 11.7. The van der Waals surface area contributed by atoms with Gasteiger partial charge in [-0.25, -0.2) is 0 Å². The van der Waals surface area contributed by atoms with Gasteiger partial charge < -0.3 is 14.6 Å². The van der Waals surface area contributed by atoms with Gasteiger partial charge in [0.2, 0.25) is 5.89 Å². The Bertz CT molecular complexity index is 378. The third kappa shape index (κ3) is 3.29. The summed E-state index contributed by atoms with van der Waals surface area (Å²) in [4.78, 5) is 4.47. The molecule has 0 amide bonds. The minimum atomic E-state index is 0.0705. The topological polar surface area (TPSA) is 60.2 Å². The minimum absolute atomic E-state index is 0.0705. The van der Waals surface area contributed by atoms with Gasteiger partial charge in [0.05, 0.1) is 19.3 Å². The van der Waals surface area contributed by atoms with Gasteiger partial charge in [0.1, 0.15) is 0 Å². The highest BCUT2D eigenvalue weighted by atomic mass is 16.5. The number of hydrogen-bond donors (Lipinski definition) is 1. The number of rotatable bonds is 3. The third-order valence-corrected chi connectivity index (χ3v) is 3.68. The van der Waals surface area contributed by atoms with Crippen LogP contribution in [-0.2, 0) is 11.2 Å². The summed E-state index contributed by atoms with van der Waals surface area (Å²) in [5.74, 6) is 1.94. The van der Waals surface area contributed by atoms with E-state index in [-0.39, 0.29) is 11.5 Å². The van der Waals surface area contributed by atoms with E-state index in [1.54, 1.807) is 0 Å². The van der Waals surface area contributed by atoms with E-state index in [1.807, 2.05) is 0 Å². The predicted octanol–water partition coefficient (Wildman–Crippen LogP) is 1.96. The lowest BCUT2D eigenvalue weighted by Gasteiger charge is -2.25. The molecule has 5 nitrogen and oxygen atoms in total. The molecule has 0 aliphatic carbocycles. The Morgan fingerprint density at radius 3 is 2.83 bits per heavy atom. The van der Waals surface area contributed by atoms with E-state index >= 15 is 0 Å². The molecular formula is C13H23N3O2. The molecule has 2 atom stereocenters. The van der Waals surface area contributed by atoms with Gasteiger partial charge in [0, 0.05) is 13.0 Å². The van der Waals surface area contributed by atoms with Crippen LogP contribution in [0.1, 0.15) is 45.5 Å². The van der Waals surface area contributed by atoms with Crippen LogP contribution < -0.4 is 5.32 Å². The van der Waals surface area contributed by atoms with Crippen molar-refractivity contribution in [2.75, 3.05) is 19.8 Å². The van der Waals surface area contributed by atoms with Crippen LogP contribution in [-0.4, -0.2) is 29.9 Å². The van der Waals surface area contributed by atoms with Gasteiger partial charge in [0.15, 0.2) is 5.82 Å². The van der Waals surface area contributed by atoms with E-state index < -0.39 is 0 Å². The molecule has 0 aromatic carbocycles. The van der Waals surface area contributed by atoms with E-state index in [4.69, 9.17) is 9.26 Å². The van der Waals surface area contributed by atoms with Gasteiger partial charge >= 0.3 is 0 Å². The lowest BCUT2D eigenvalue weighted by molar-refractivity contribution is 0.0734. The van der Waals surface area contributed by atoms with Crippen LogP contribution in [0.25, 0.3) is 0 Å². The molecule has 2 rings (SSSR count). The van der Waals surface area contributed by atoms with E-state index in [1.165, 1.54) is 0 Å². The summed E-state index contributed by atoms with van der Waals surface area (Å²) in [5.41, 5.74) is 0.251. The molecule has 0 radical (unpaired) electrons. The number of morpholine rings is 1. The van der Waals surface area contributed by atoms with Crippen molar-refractivity contribution in [1.82, 2.24) is 15.5 Å². The number of hydrogen-bond acceptors (Lipinski definition) is 5. The van der Waals surface area contributed by atoms with Crippen molar-refractivity contribution in [3.63, 3.8) is 0 Å². The second kappa shape index (κ2) is 5.36. The molecule has 0 spiro atoms. The van der Waals surface area contributed by atoms with Crippen LogP contribution in [0.15, 0.2) is 4.52 Å². The Morgan fingerprint density at radius 2 is 2.22 bits per heavy atom. The van der Waals surface area contributed by atoms with Crippen molar-refractivity contribution in [3.8, 4) is 0 Å². The van der Waals surface area contributed by atoms with Gasteiger partial charge in [0.25, 0.3) is 0 Å². The van der Waals surface area contributed by atoms with Crippen LogP contribution in [0.3, 0.4) is 0 Å². The fourth-order valence-corrected chi connectivity index (χ4v) is 1.79. The van der Waals surface area contributed by atoms with Gasteiger partial charge in [-0.3, -0.25) is 0 Å². The molecule has 18 heavy (non-hydrogen) atoms. The van der Waals surface area contributed by atoms with Crippen molar-refractivity contribution in [1.29, 1.82) is 0 Å². The zero-order chi connectivity index (χ0) is 13.2. The van der Waals surface area contributed by atoms with Gasteiger partial charge in [-0.15, -0.1) is 0 Å². The Morgan fingerprint density at radius 1 is 1.44 bits per heavy atom. The molecule has 1 fully saturated rings. The quantitative estimate of drug-likeness (QED) is 0.892. The number of nitrogens with one attached hydrogen (secondary N) is 1. The van der Waals surface area contributed by atoms with E-state index in [9.17, 15) is 0 Å². The molecule has 1 saturated heterocycles. The lowest BCUT2D eigenvalue weighted by atomic mass is 9.80. The maximum absolute atomic E-state index is 5.40. The molecule has 0 saturated carbocycles. The van der Waals surface area contributed by atoms with Gasteiger partial charge in [-0.2, -0.15) is 4.98 Å². The highest BCUT2D eigenvalue weighted by Crippen LogP contribution is 2.28. The Balaban J connectivity index is 1.97. The molecule has 1 aromatic heterocycles. The van der Waals surface area contributed by atoms with Gasteiger partial charge in [-0.1, -0.05) is 32.9 Å². The van der Waals surface area contributed by atoms with E-state index in [0.29, 0.717) is 18.3 Å². The fraction of sp³-hybridized carbons (Fsp3) is 0.846. The molecule has 0 bridgehead atoms. The van der Waals surface area contributed by atoms with Crippen molar-refractivity contribution in [2.45, 2.75) is 40.2 Å². The summed E-state index contributed by atoms with van der Waals surface area (Å²) in [5, 5.41) is 7.37. The zero-order valence-electron chi connectivity index (χ0n) is 11.7. The number of aromatic nitrogens is 2. The summed E-state index contributed by atoms with van der Waals surface area (Å²) < 4.78 is 10.7. The second-order valence-corrected chi connectivity index (χ2v) is 6.10. The maximum atomic E-state index is 5.40. The number of ether oxygens (including phenoxy) is 1. The standard InChI is InChI=1S/C13H23N3O2/c1-9(13(2,3)4)7-11-15-12(16-18-11)10-8-17-6-5-14-10/h9-10,14H,5-8H2,1-4H3. The average Bonchev–Trinajstić information content (AvgIpc) is 2.77. The van der Waals surface area contributed by atoms with Crippen molar-refractivity contribution in [3.05, 3.63) is 11.7 Å². The molecule has 1 aliphatic rings. The third-order valence-electron chi connectivity index (χ3n) is 3.68. The Kier molecular flexibility index (Phi) is 4.02. The molecule has 5 heteroatoms. The first-order valence-corrected chi connectivity index (χ1v) is 6.60. The largest absolute Gasteiger partial charge is 0.378 e. The lowest BCUT2D eigenvalue weighted by Crippen LogP contribution is -2.35. The smallest absolute Gasteiger partial charge is 0.226 e. The monoisotopic (exact) mass is 253 g/mol. The molecule has 1 aromatic rings. The molecule has 102 valence electrons. The number of nitrogens with zero attached hydrogens (tertiary/aromatic N) is 2. The second-order valence-electron chi connectivity index (χ2n) is 6.10. The SMILES string of the molecule is CC(Cc1nc(C2COCCN2)no1)C(C)(C)C. The average molecular weight is 253 g/mol. The molecule has 1 N–H and O–H groups in total. The summed E-state index contributed by atoms with van der Waals surface area (Å²) in [6.45, 7) is 11.1. The summed E-state index contributed by atoms with van der Waals surface area (Å²) in [6, 6.07) is 0.0705. The first kappa shape index (κ1) is 13.5.